The molecule has 8 nitrogen and oxygen atoms in total. The summed E-state index contributed by atoms with van der Waals surface area (Å²) in [5, 5.41) is 0. The van der Waals surface area contributed by atoms with Crippen LogP contribution in [0.15, 0.2) is 97.2 Å². The van der Waals surface area contributed by atoms with Crippen molar-refractivity contribution >= 4 is 27.3 Å². The number of benzene rings is 3. The van der Waals surface area contributed by atoms with Gasteiger partial charge in [-0.05, 0) is 85.2 Å². The molecule has 0 spiro atoms. The van der Waals surface area contributed by atoms with Gasteiger partial charge in [-0.3, -0.25) is 14.4 Å². The highest BCUT2D eigenvalue weighted by atomic mass is 32.2. The highest BCUT2D eigenvalue weighted by Crippen LogP contribution is 2.36. The third-order valence-electron chi connectivity index (χ3n) is 8.45. The van der Waals surface area contributed by atoms with E-state index in [1.165, 1.54) is 11.1 Å². The van der Waals surface area contributed by atoms with Crippen molar-refractivity contribution in [2.24, 2.45) is 0 Å². The van der Waals surface area contributed by atoms with E-state index < -0.39 is 10.0 Å². The molecule has 0 saturated carbocycles. The lowest BCUT2D eigenvalue weighted by atomic mass is 9.81. The van der Waals surface area contributed by atoms with Gasteiger partial charge in [0.15, 0.2) is 0 Å². The summed E-state index contributed by atoms with van der Waals surface area (Å²) < 4.78 is 31.1. The number of carbonyl (C=O) groups excluding carboxylic acids is 1. The largest absolute Gasteiger partial charge is 0.439 e. The Labute approximate surface area is 259 Å². The van der Waals surface area contributed by atoms with E-state index in [4.69, 9.17) is 4.74 Å². The van der Waals surface area contributed by atoms with Crippen LogP contribution in [-0.2, 0) is 27.8 Å². The normalized spacial score (nSPS) is 17.4. The number of rotatable bonds is 9. The van der Waals surface area contributed by atoms with Gasteiger partial charge in [0.1, 0.15) is 5.75 Å². The molecule has 1 aromatic heterocycles. The molecule has 1 unspecified atom stereocenters. The summed E-state index contributed by atoms with van der Waals surface area (Å²) in [5.74, 6) is 1.17. The number of pyridine rings is 1. The minimum Gasteiger partial charge on any atom is -0.439 e. The van der Waals surface area contributed by atoms with Crippen LogP contribution in [-0.4, -0.2) is 49.6 Å². The van der Waals surface area contributed by atoms with E-state index in [9.17, 15) is 13.2 Å². The number of carbonyl (C=O) groups is 1. The molecule has 1 aliphatic carbocycles. The van der Waals surface area contributed by atoms with Gasteiger partial charge in [0.05, 0.1) is 12.2 Å². The van der Waals surface area contributed by atoms with E-state index in [0.717, 1.165) is 69.2 Å². The second-order valence-electron chi connectivity index (χ2n) is 11.7. The molecule has 2 heterocycles. The van der Waals surface area contributed by atoms with Gasteiger partial charge in [-0.1, -0.05) is 48.5 Å². The summed E-state index contributed by atoms with van der Waals surface area (Å²) in [7, 11) is -3.33. The molecule has 1 aliphatic heterocycles. The lowest BCUT2D eigenvalue weighted by Crippen LogP contribution is -2.49. The fraction of sp³-hybridized carbons (Fsp3) is 0.314. The maximum Gasteiger partial charge on any atom is 0.234 e. The van der Waals surface area contributed by atoms with Gasteiger partial charge in [0.2, 0.25) is 21.8 Å². The van der Waals surface area contributed by atoms with Gasteiger partial charge in [0, 0.05) is 49.3 Å². The fourth-order valence-electron chi connectivity index (χ4n) is 6.37. The zero-order valence-electron chi connectivity index (χ0n) is 24.9. The molecule has 1 amide bonds. The van der Waals surface area contributed by atoms with Crippen molar-refractivity contribution < 1.29 is 17.9 Å². The number of aromatic nitrogens is 1. The van der Waals surface area contributed by atoms with E-state index in [1.54, 1.807) is 24.3 Å². The lowest BCUT2D eigenvalue weighted by molar-refractivity contribution is -0.121. The molecular formula is C35H38N4O4S. The monoisotopic (exact) mass is 610 g/mol. The number of hydrogen-bond donors (Lipinski definition) is 1. The van der Waals surface area contributed by atoms with E-state index in [1.807, 2.05) is 36.5 Å². The molecule has 228 valence electrons. The van der Waals surface area contributed by atoms with E-state index in [-0.39, 0.29) is 17.9 Å². The van der Waals surface area contributed by atoms with Gasteiger partial charge in [-0.15, -0.1) is 0 Å². The van der Waals surface area contributed by atoms with Crippen molar-refractivity contribution in [3.63, 3.8) is 0 Å². The van der Waals surface area contributed by atoms with Crippen molar-refractivity contribution in [1.82, 2.24) is 9.88 Å². The number of amides is 1. The van der Waals surface area contributed by atoms with Gasteiger partial charge in [-0.25, -0.2) is 13.4 Å². The molecule has 44 heavy (non-hydrogen) atoms. The molecule has 1 N–H and O–H groups in total. The Balaban J connectivity index is 1.07. The number of likely N-dealkylation sites (tertiary alicyclic amines) is 1. The van der Waals surface area contributed by atoms with E-state index in [0.29, 0.717) is 17.3 Å². The van der Waals surface area contributed by atoms with Crippen molar-refractivity contribution in [2.45, 2.75) is 50.6 Å². The van der Waals surface area contributed by atoms with Gasteiger partial charge in [-0.2, -0.15) is 0 Å². The first kappa shape index (κ1) is 29.8. The second kappa shape index (κ2) is 13.2. The molecule has 4 aromatic rings. The number of ether oxygens (including phenoxy) is 1. The lowest BCUT2D eigenvalue weighted by Gasteiger charge is -2.40. The Morgan fingerprint density at radius 3 is 2.36 bits per heavy atom. The Morgan fingerprint density at radius 2 is 1.66 bits per heavy atom. The fourth-order valence-corrected chi connectivity index (χ4v) is 6.93. The first-order valence-electron chi connectivity index (χ1n) is 15.2. The number of anilines is 2. The maximum atomic E-state index is 14.2. The van der Waals surface area contributed by atoms with E-state index in [2.05, 4.69) is 55.9 Å². The number of piperidine rings is 1. The van der Waals surface area contributed by atoms with Crippen LogP contribution in [0.25, 0.3) is 0 Å². The second-order valence-corrected chi connectivity index (χ2v) is 13.4. The van der Waals surface area contributed by atoms with Gasteiger partial charge >= 0.3 is 0 Å². The number of sulfonamides is 1. The number of hydrogen-bond acceptors (Lipinski definition) is 6. The third kappa shape index (κ3) is 7.29. The van der Waals surface area contributed by atoms with Crippen LogP contribution in [0.4, 0.5) is 11.4 Å². The van der Waals surface area contributed by atoms with Crippen molar-refractivity contribution in [2.75, 3.05) is 29.0 Å². The number of nitrogens with one attached hydrogen (secondary N) is 1. The van der Waals surface area contributed by atoms with Gasteiger partial charge < -0.3 is 9.64 Å². The third-order valence-corrected chi connectivity index (χ3v) is 9.05. The molecule has 9 heteroatoms. The zero-order chi connectivity index (χ0) is 30.5. The number of fused-ring (bicyclic) bond motifs is 1. The number of nitrogens with zero attached hydrogens (tertiary/aromatic N) is 3. The molecule has 0 radical (unpaired) electrons. The van der Waals surface area contributed by atoms with Crippen molar-refractivity contribution in [3.8, 4) is 11.6 Å². The quantitative estimate of drug-likeness (QED) is 0.237. The van der Waals surface area contributed by atoms with Crippen LogP contribution in [0.1, 0.15) is 48.3 Å². The van der Waals surface area contributed by atoms with Crippen molar-refractivity contribution in [1.29, 1.82) is 0 Å². The number of aryl methyl sites for hydroxylation is 1. The number of para-hydroxylation sites is 1. The summed E-state index contributed by atoms with van der Waals surface area (Å²) in [6.07, 6.45) is 7.76. The van der Waals surface area contributed by atoms with Crippen LogP contribution < -0.4 is 14.4 Å². The summed E-state index contributed by atoms with van der Waals surface area (Å²) in [6, 6.07) is 29.3. The molecular weight excluding hydrogens is 572 g/mol. The Morgan fingerprint density at radius 1 is 0.932 bits per heavy atom. The molecule has 1 fully saturated rings. The average Bonchev–Trinajstić information content (AvgIpc) is 3.03. The van der Waals surface area contributed by atoms with Crippen LogP contribution >= 0.6 is 0 Å². The van der Waals surface area contributed by atoms with Crippen LogP contribution in [0.5, 0.6) is 11.6 Å². The van der Waals surface area contributed by atoms with Crippen molar-refractivity contribution in [3.05, 3.63) is 114 Å². The molecule has 6 rings (SSSR count). The smallest absolute Gasteiger partial charge is 0.234 e. The molecule has 0 bridgehead atoms. The van der Waals surface area contributed by atoms with E-state index >= 15 is 0 Å². The molecule has 3 aromatic carbocycles. The summed E-state index contributed by atoms with van der Waals surface area (Å²) in [4.78, 5) is 23.2. The topological polar surface area (TPSA) is 91.8 Å². The standard InChI is InChI=1S/C35H38N4O4S/c1-44(41,42)37-28-15-17-31(18-16-28)43-34-19-14-26(24-36-34)25-38-22-20-30(21-23-38)39(29-10-3-2-4-11-29)35(40)33-13-7-9-27-8-5-6-12-32(27)33/h2-6,8,10-12,14-19,24,30,33,37H,7,9,13,20-23,25H2,1H3. The Kier molecular flexibility index (Phi) is 8.95. The summed E-state index contributed by atoms with van der Waals surface area (Å²) in [5.41, 5.74) is 5.06. The van der Waals surface area contributed by atoms with Crippen LogP contribution in [0, 0.1) is 0 Å². The van der Waals surface area contributed by atoms with Crippen LogP contribution in [0.2, 0.25) is 0 Å². The first-order chi connectivity index (χ1) is 21.3. The minimum atomic E-state index is -3.33. The first-order valence-corrected chi connectivity index (χ1v) is 17.1. The zero-order valence-corrected chi connectivity index (χ0v) is 25.7. The predicted octanol–water partition coefficient (Wildman–Crippen LogP) is 6.36. The highest BCUT2D eigenvalue weighted by molar-refractivity contribution is 7.92. The predicted molar refractivity (Wildman–Crippen MR) is 174 cm³/mol. The molecule has 1 atom stereocenters. The highest BCUT2D eigenvalue weighted by Gasteiger charge is 2.35. The Bertz CT molecular complexity index is 1670. The molecule has 2 aliphatic rings. The molecule has 1 saturated heterocycles. The SMILES string of the molecule is CS(=O)(=O)Nc1ccc(Oc2ccc(CN3CCC(N(C(=O)C4CCCc5ccccc54)c4ccccc4)CC3)cn2)cc1. The van der Waals surface area contributed by atoms with Crippen LogP contribution in [0.3, 0.4) is 0 Å². The van der Waals surface area contributed by atoms with Gasteiger partial charge in [0.25, 0.3) is 0 Å². The maximum absolute atomic E-state index is 14.2. The minimum absolute atomic E-state index is 0.0907. The summed E-state index contributed by atoms with van der Waals surface area (Å²) >= 11 is 0. The summed E-state index contributed by atoms with van der Waals surface area (Å²) in [6.45, 7) is 2.57. The average molecular weight is 611 g/mol. The Hall–Kier alpha value is -4.21.